The van der Waals surface area contributed by atoms with E-state index in [1.807, 2.05) is 6.20 Å². The van der Waals surface area contributed by atoms with Crippen LogP contribution in [0.4, 0.5) is 5.13 Å². The van der Waals surface area contributed by atoms with Crippen LogP contribution in [0.25, 0.3) is 0 Å². The fourth-order valence-corrected chi connectivity index (χ4v) is 3.32. The van der Waals surface area contributed by atoms with Crippen LogP contribution in [0.2, 0.25) is 0 Å². The van der Waals surface area contributed by atoms with Crippen molar-refractivity contribution in [2.45, 2.75) is 13.1 Å². The number of hydrogen-bond donors (Lipinski definition) is 1. The van der Waals surface area contributed by atoms with Crippen LogP contribution in [0.5, 0.6) is 0 Å². The van der Waals surface area contributed by atoms with Gasteiger partial charge in [0.1, 0.15) is 0 Å². The number of aromatic nitrogens is 1. The first-order chi connectivity index (χ1) is 9.85. The first-order valence-electron chi connectivity index (χ1n) is 7.01. The molecule has 1 aliphatic heterocycles. The molecule has 3 rings (SSSR count). The van der Waals surface area contributed by atoms with Gasteiger partial charge in [-0.3, -0.25) is 4.90 Å². The molecular formula is C15H20N4S. The summed E-state index contributed by atoms with van der Waals surface area (Å²) in [6, 6.07) is 10.7. The van der Waals surface area contributed by atoms with E-state index in [4.69, 9.17) is 5.73 Å². The van der Waals surface area contributed by atoms with Gasteiger partial charge >= 0.3 is 0 Å². The number of nitrogens with two attached hydrogens (primary N) is 1. The second kappa shape index (κ2) is 6.35. The summed E-state index contributed by atoms with van der Waals surface area (Å²) in [4.78, 5) is 10.5. The van der Waals surface area contributed by atoms with Crippen molar-refractivity contribution in [1.82, 2.24) is 9.88 Å². The van der Waals surface area contributed by atoms with E-state index >= 15 is 0 Å². The molecule has 0 amide bonds. The maximum atomic E-state index is 5.64. The Labute approximate surface area is 123 Å². The molecule has 2 aromatic rings. The van der Waals surface area contributed by atoms with Gasteiger partial charge in [-0.2, -0.15) is 0 Å². The number of anilines is 1. The molecule has 1 aliphatic rings. The number of benzene rings is 1. The first-order valence-corrected chi connectivity index (χ1v) is 7.83. The van der Waals surface area contributed by atoms with Gasteiger partial charge in [-0.1, -0.05) is 30.3 Å². The molecule has 1 aromatic heterocycles. The Morgan fingerprint density at radius 3 is 2.50 bits per heavy atom. The summed E-state index contributed by atoms with van der Waals surface area (Å²) in [7, 11) is 0. The molecule has 4 nitrogen and oxygen atoms in total. The summed E-state index contributed by atoms with van der Waals surface area (Å²) < 4.78 is 0. The fraction of sp³-hybridized carbons (Fsp3) is 0.400. The molecule has 1 aromatic carbocycles. The first kappa shape index (κ1) is 13.5. The van der Waals surface area contributed by atoms with Crippen LogP contribution in [0.1, 0.15) is 10.4 Å². The maximum absolute atomic E-state index is 5.64. The highest BCUT2D eigenvalue weighted by Gasteiger charge is 2.19. The van der Waals surface area contributed by atoms with Crippen LogP contribution in [0.15, 0.2) is 36.5 Å². The largest absolute Gasteiger partial charge is 0.346 e. The molecule has 2 N–H and O–H groups in total. The zero-order valence-corrected chi connectivity index (χ0v) is 12.4. The molecule has 106 valence electrons. The smallest absolute Gasteiger partial charge is 0.185 e. The van der Waals surface area contributed by atoms with Crippen LogP contribution in [-0.2, 0) is 13.1 Å². The lowest BCUT2D eigenvalue weighted by Crippen LogP contribution is -2.45. The van der Waals surface area contributed by atoms with Gasteiger partial charge in [-0.15, -0.1) is 11.3 Å². The number of thiazole rings is 1. The van der Waals surface area contributed by atoms with Crippen molar-refractivity contribution in [3.63, 3.8) is 0 Å². The molecule has 0 bridgehead atoms. The summed E-state index contributed by atoms with van der Waals surface area (Å²) in [6.07, 6.45) is 1.90. The van der Waals surface area contributed by atoms with Crippen molar-refractivity contribution in [3.8, 4) is 0 Å². The van der Waals surface area contributed by atoms with Crippen molar-refractivity contribution in [3.05, 3.63) is 47.0 Å². The minimum atomic E-state index is 0.589. The second-order valence-electron chi connectivity index (χ2n) is 5.06. The molecule has 5 heteroatoms. The van der Waals surface area contributed by atoms with Crippen molar-refractivity contribution in [2.75, 3.05) is 31.1 Å². The van der Waals surface area contributed by atoms with Crippen LogP contribution >= 0.6 is 11.3 Å². The van der Waals surface area contributed by atoms with Gasteiger partial charge in [-0.05, 0) is 5.56 Å². The van der Waals surface area contributed by atoms with Gasteiger partial charge < -0.3 is 10.6 Å². The van der Waals surface area contributed by atoms with Gasteiger partial charge in [0.2, 0.25) is 0 Å². The van der Waals surface area contributed by atoms with Crippen LogP contribution in [0.3, 0.4) is 0 Å². The van der Waals surface area contributed by atoms with E-state index < -0.39 is 0 Å². The lowest BCUT2D eigenvalue weighted by molar-refractivity contribution is 0.250. The van der Waals surface area contributed by atoms with E-state index in [0.717, 1.165) is 42.7 Å². The zero-order chi connectivity index (χ0) is 13.8. The van der Waals surface area contributed by atoms with E-state index in [1.54, 1.807) is 11.3 Å². The maximum Gasteiger partial charge on any atom is 0.185 e. The molecule has 0 atom stereocenters. The highest BCUT2D eigenvalue weighted by atomic mass is 32.1. The minimum absolute atomic E-state index is 0.589. The monoisotopic (exact) mass is 288 g/mol. The summed E-state index contributed by atoms with van der Waals surface area (Å²) in [6.45, 7) is 5.90. The summed E-state index contributed by atoms with van der Waals surface area (Å²) in [5, 5.41) is 1.12. The minimum Gasteiger partial charge on any atom is -0.346 e. The molecule has 2 heterocycles. The van der Waals surface area contributed by atoms with Gasteiger partial charge in [0, 0.05) is 50.3 Å². The van der Waals surface area contributed by atoms with Crippen molar-refractivity contribution in [2.24, 2.45) is 5.73 Å². The molecule has 20 heavy (non-hydrogen) atoms. The summed E-state index contributed by atoms with van der Waals surface area (Å²) >= 11 is 1.72. The van der Waals surface area contributed by atoms with Crippen molar-refractivity contribution >= 4 is 16.5 Å². The van der Waals surface area contributed by atoms with Gasteiger partial charge in [0.15, 0.2) is 5.13 Å². The lowest BCUT2D eigenvalue weighted by Gasteiger charge is -2.34. The second-order valence-corrected chi connectivity index (χ2v) is 6.16. The van der Waals surface area contributed by atoms with Gasteiger partial charge in [0.05, 0.1) is 0 Å². The Bertz CT molecular complexity index is 532. The molecule has 0 radical (unpaired) electrons. The Balaban J connectivity index is 1.54. The fourth-order valence-electron chi connectivity index (χ4n) is 2.48. The Hall–Kier alpha value is -1.43. The van der Waals surface area contributed by atoms with Crippen molar-refractivity contribution < 1.29 is 0 Å². The van der Waals surface area contributed by atoms with Crippen LogP contribution < -0.4 is 10.6 Å². The van der Waals surface area contributed by atoms with Gasteiger partial charge in [0.25, 0.3) is 0 Å². The highest BCUT2D eigenvalue weighted by Crippen LogP contribution is 2.23. The van der Waals surface area contributed by atoms with Gasteiger partial charge in [-0.25, -0.2) is 4.98 Å². The zero-order valence-electron chi connectivity index (χ0n) is 11.5. The molecule has 1 saturated heterocycles. The number of hydrogen-bond acceptors (Lipinski definition) is 5. The number of rotatable bonds is 4. The number of piperazine rings is 1. The Kier molecular flexibility index (Phi) is 4.30. The molecule has 0 spiro atoms. The third kappa shape index (κ3) is 3.17. The SMILES string of the molecule is NCc1cnc(N2CCN(Cc3ccccc3)CC2)s1. The quantitative estimate of drug-likeness (QED) is 0.933. The lowest BCUT2D eigenvalue weighted by atomic mass is 10.2. The Morgan fingerprint density at radius 2 is 1.85 bits per heavy atom. The average molecular weight is 288 g/mol. The van der Waals surface area contributed by atoms with Crippen LogP contribution in [-0.4, -0.2) is 36.1 Å². The Morgan fingerprint density at radius 1 is 1.10 bits per heavy atom. The molecule has 0 unspecified atom stereocenters. The summed E-state index contributed by atoms with van der Waals surface area (Å²) in [5.74, 6) is 0. The average Bonchev–Trinajstić information content (AvgIpc) is 2.98. The third-order valence-electron chi connectivity index (χ3n) is 3.63. The van der Waals surface area contributed by atoms with Crippen LogP contribution in [0, 0.1) is 0 Å². The standard InChI is InChI=1S/C15H20N4S/c16-10-14-11-17-15(20-14)19-8-6-18(7-9-19)12-13-4-2-1-3-5-13/h1-5,11H,6-10,12,16H2. The molecule has 0 saturated carbocycles. The third-order valence-corrected chi connectivity index (χ3v) is 4.71. The van der Waals surface area contributed by atoms with E-state index in [2.05, 4.69) is 45.1 Å². The predicted octanol–water partition coefficient (Wildman–Crippen LogP) is 1.92. The molecule has 1 fully saturated rings. The predicted molar refractivity (Wildman–Crippen MR) is 83.9 cm³/mol. The molecule has 0 aliphatic carbocycles. The summed E-state index contributed by atoms with van der Waals surface area (Å²) in [5.41, 5.74) is 7.03. The molecular weight excluding hydrogens is 268 g/mol. The highest BCUT2D eigenvalue weighted by molar-refractivity contribution is 7.15. The van der Waals surface area contributed by atoms with E-state index in [-0.39, 0.29) is 0 Å². The topological polar surface area (TPSA) is 45.4 Å². The van der Waals surface area contributed by atoms with Crippen molar-refractivity contribution in [1.29, 1.82) is 0 Å². The van der Waals surface area contributed by atoms with E-state index in [1.165, 1.54) is 5.56 Å². The van der Waals surface area contributed by atoms with E-state index in [0.29, 0.717) is 6.54 Å². The van der Waals surface area contributed by atoms with E-state index in [9.17, 15) is 0 Å². The normalized spacial score (nSPS) is 16.6. The number of nitrogens with zero attached hydrogens (tertiary/aromatic N) is 3.